The van der Waals surface area contributed by atoms with Gasteiger partial charge in [-0.3, -0.25) is 14.7 Å². The van der Waals surface area contributed by atoms with Gasteiger partial charge in [-0.1, -0.05) is 6.92 Å². The molecule has 0 aliphatic carbocycles. The average Bonchev–Trinajstić information content (AvgIpc) is 2.88. The van der Waals surface area contributed by atoms with Gasteiger partial charge in [-0.05, 0) is 18.6 Å². The normalized spacial score (nSPS) is 11.4. The number of carbonyl (C=O) groups is 1. The minimum atomic E-state index is -4.62. The summed E-state index contributed by atoms with van der Waals surface area (Å²) in [4.78, 5) is 25.2. The van der Waals surface area contributed by atoms with Gasteiger partial charge < -0.3 is 10.3 Å². The smallest absolute Gasteiger partial charge is 0.327 e. The van der Waals surface area contributed by atoms with Crippen LogP contribution in [0.5, 0.6) is 0 Å². The van der Waals surface area contributed by atoms with Crippen molar-refractivity contribution in [3.8, 4) is 0 Å². The number of nitrogens with zero attached hydrogens (tertiary/aromatic N) is 1. The second-order valence-corrected chi connectivity index (χ2v) is 4.22. The molecule has 0 radical (unpaired) electrons. The maximum Gasteiger partial charge on any atom is 0.417 e. The number of aromatic nitrogens is 3. The van der Waals surface area contributed by atoms with Crippen molar-refractivity contribution in [2.75, 3.05) is 5.32 Å². The molecule has 21 heavy (non-hydrogen) atoms. The first-order valence-electron chi connectivity index (χ1n) is 5.97. The highest BCUT2D eigenvalue weighted by Crippen LogP contribution is 2.29. The molecule has 112 valence electrons. The fraction of sp³-hybridized carbons (Fsp3) is 0.250. The predicted octanol–water partition coefficient (Wildman–Crippen LogP) is 1.93. The molecule has 0 fully saturated rings. The number of halogens is 3. The summed E-state index contributed by atoms with van der Waals surface area (Å²) < 4.78 is 37.7. The van der Waals surface area contributed by atoms with Gasteiger partial charge in [0.25, 0.3) is 11.5 Å². The summed E-state index contributed by atoms with van der Waals surface area (Å²) >= 11 is 0. The quantitative estimate of drug-likeness (QED) is 0.809. The maximum absolute atomic E-state index is 12.6. The van der Waals surface area contributed by atoms with E-state index in [0.29, 0.717) is 24.4 Å². The van der Waals surface area contributed by atoms with Gasteiger partial charge in [-0.15, -0.1) is 0 Å². The van der Waals surface area contributed by atoms with Gasteiger partial charge in [-0.25, -0.2) is 0 Å². The van der Waals surface area contributed by atoms with Crippen LogP contribution < -0.4 is 10.9 Å². The van der Waals surface area contributed by atoms with E-state index in [1.165, 1.54) is 6.07 Å². The molecule has 0 aliphatic heterocycles. The van der Waals surface area contributed by atoms with Gasteiger partial charge >= 0.3 is 6.18 Å². The molecule has 0 saturated carbocycles. The third-order valence-electron chi connectivity index (χ3n) is 2.72. The second kappa shape index (κ2) is 5.43. The number of carbonyl (C=O) groups excluding carboxylic acids is 1. The fourth-order valence-corrected chi connectivity index (χ4v) is 1.59. The molecule has 2 rings (SSSR count). The molecule has 0 bridgehead atoms. The van der Waals surface area contributed by atoms with Crippen LogP contribution in [-0.4, -0.2) is 21.1 Å². The van der Waals surface area contributed by atoms with E-state index in [4.69, 9.17) is 0 Å². The van der Waals surface area contributed by atoms with Crippen LogP contribution in [-0.2, 0) is 12.6 Å². The van der Waals surface area contributed by atoms with Crippen molar-refractivity contribution in [2.45, 2.75) is 19.5 Å². The van der Waals surface area contributed by atoms with Crippen LogP contribution in [0.25, 0.3) is 0 Å². The summed E-state index contributed by atoms with van der Waals surface area (Å²) in [6, 6.07) is 2.03. The van der Waals surface area contributed by atoms with Crippen LogP contribution in [0.3, 0.4) is 0 Å². The lowest BCUT2D eigenvalue weighted by Crippen LogP contribution is -2.21. The minimum Gasteiger partial charge on any atom is -0.327 e. The number of aromatic amines is 2. The molecule has 0 unspecified atom stereocenters. The number of aryl methyl sites for hydroxylation is 1. The highest BCUT2D eigenvalue weighted by atomic mass is 19.4. The highest BCUT2D eigenvalue weighted by Gasteiger charge is 2.31. The van der Waals surface area contributed by atoms with Crippen molar-refractivity contribution in [3.63, 3.8) is 0 Å². The molecule has 0 saturated heterocycles. The Morgan fingerprint density at radius 1 is 1.38 bits per heavy atom. The number of nitrogens with one attached hydrogen (secondary N) is 3. The van der Waals surface area contributed by atoms with Gasteiger partial charge in [0.15, 0.2) is 5.69 Å². The van der Waals surface area contributed by atoms with Crippen molar-refractivity contribution < 1.29 is 18.0 Å². The summed E-state index contributed by atoms with van der Waals surface area (Å²) in [7, 11) is 0. The molecule has 0 aliphatic rings. The van der Waals surface area contributed by atoms with Gasteiger partial charge in [0.05, 0.1) is 5.56 Å². The number of hydrogen-bond acceptors (Lipinski definition) is 3. The number of pyridine rings is 1. The van der Waals surface area contributed by atoms with Gasteiger partial charge in [-0.2, -0.15) is 18.3 Å². The van der Waals surface area contributed by atoms with Crippen LogP contribution in [0.4, 0.5) is 18.9 Å². The van der Waals surface area contributed by atoms with Crippen LogP contribution in [0.15, 0.2) is 23.1 Å². The monoisotopic (exact) mass is 300 g/mol. The first kappa shape index (κ1) is 14.8. The molecule has 6 nitrogen and oxygen atoms in total. The molecule has 2 heterocycles. The topological polar surface area (TPSA) is 90.6 Å². The van der Waals surface area contributed by atoms with Gasteiger partial charge in [0, 0.05) is 11.9 Å². The van der Waals surface area contributed by atoms with Crippen molar-refractivity contribution in [3.05, 3.63) is 45.6 Å². The zero-order valence-corrected chi connectivity index (χ0v) is 10.8. The number of anilines is 1. The lowest BCUT2D eigenvalue weighted by atomic mass is 10.2. The summed E-state index contributed by atoms with van der Waals surface area (Å²) in [5.74, 6) is -0.768. The summed E-state index contributed by atoms with van der Waals surface area (Å²) in [6.45, 7) is 1.84. The first-order valence-corrected chi connectivity index (χ1v) is 5.97. The maximum atomic E-state index is 12.6. The van der Waals surface area contributed by atoms with Crippen LogP contribution >= 0.6 is 0 Å². The van der Waals surface area contributed by atoms with E-state index in [2.05, 4.69) is 15.5 Å². The van der Waals surface area contributed by atoms with E-state index in [-0.39, 0.29) is 5.69 Å². The van der Waals surface area contributed by atoms with Crippen LogP contribution in [0.1, 0.15) is 28.7 Å². The van der Waals surface area contributed by atoms with E-state index >= 15 is 0 Å². The third kappa shape index (κ3) is 3.30. The van der Waals surface area contributed by atoms with Crippen LogP contribution in [0, 0.1) is 0 Å². The summed E-state index contributed by atoms with van der Waals surface area (Å²) in [6.07, 6.45) is -3.46. The summed E-state index contributed by atoms with van der Waals surface area (Å²) in [5.41, 5.74) is -1.70. The SMILES string of the molecule is CCc1cc(C(=O)Nc2cc(C(F)(F)F)c[nH]c2=O)n[nH]1. The van der Waals surface area contributed by atoms with Crippen molar-refractivity contribution in [1.82, 2.24) is 15.2 Å². The Labute approximate surface area is 116 Å². The molecule has 1 amide bonds. The van der Waals surface area contributed by atoms with Crippen molar-refractivity contribution >= 4 is 11.6 Å². The third-order valence-corrected chi connectivity index (χ3v) is 2.72. The standard InChI is InChI=1S/C12H11F3N4O2/c1-2-7-4-9(19-18-7)11(21)17-8-3-6(12(13,14)15)5-16-10(8)20/h3-5H,2H2,1H3,(H,16,20)(H,17,21)(H,18,19). The van der Waals surface area contributed by atoms with E-state index in [9.17, 15) is 22.8 Å². The summed E-state index contributed by atoms with van der Waals surface area (Å²) in [5, 5.41) is 8.42. The molecule has 3 N–H and O–H groups in total. The molecule has 0 spiro atoms. The number of hydrogen-bond donors (Lipinski definition) is 3. The molecule has 0 aromatic carbocycles. The van der Waals surface area contributed by atoms with Crippen molar-refractivity contribution in [1.29, 1.82) is 0 Å². The average molecular weight is 300 g/mol. The Kier molecular flexibility index (Phi) is 3.83. The number of amides is 1. The number of H-pyrrole nitrogens is 2. The van der Waals surface area contributed by atoms with Crippen LogP contribution in [0.2, 0.25) is 0 Å². The van der Waals surface area contributed by atoms with E-state index in [1.54, 1.807) is 0 Å². The fourth-order valence-electron chi connectivity index (χ4n) is 1.59. The largest absolute Gasteiger partial charge is 0.417 e. The van der Waals surface area contributed by atoms with Gasteiger partial charge in [0.2, 0.25) is 0 Å². The molecule has 0 atom stereocenters. The zero-order valence-electron chi connectivity index (χ0n) is 10.8. The van der Waals surface area contributed by atoms with Crippen molar-refractivity contribution in [2.24, 2.45) is 0 Å². The molecular weight excluding hydrogens is 289 g/mol. The Hall–Kier alpha value is -2.58. The molecule has 2 aromatic heterocycles. The van der Waals surface area contributed by atoms with Gasteiger partial charge in [0.1, 0.15) is 5.69 Å². The Balaban J connectivity index is 2.26. The van der Waals surface area contributed by atoms with E-state index < -0.39 is 28.9 Å². The number of alkyl halides is 3. The van der Waals surface area contributed by atoms with E-state index in [0.717, 1.165) is 0 Å². The highest BCUT2D eigenvalue weighted by molar-refractivity contribution is 6.02. The molecular formula is C12H11F3N4O2. The Morgan fingerprint density at radius 2 is 2.10 bits per heavy atom. The number of rotatable bonds is 3. The predicted molar refractivity (Wildman–Crippen MR) is 68.0 cm³/mol. The second-order valence-electron chi connectivity index (χ2n) is 4.22. The minimum absolute atomic E-state index is 0.0105. The van der Waals surface area contributed by atoms with E-state index in [1.807, 2.05) is 11.9 Å². The lowest BCUT2D eigenvalue weighted by Gasteiger charge is -2.08. The lowest BCUT2D eigenvalue weighted by molar-refractivity contribution is -0.137. The first-order chi connectivity index (χ1) is 9.81. The molecule has 9 heteroatoms. The molecule has 2 aromatic rings. The Bertz CT molecular complexity index is 718. The Morgan fingerprint density at radius 3 is 2.67 bits per heavy atom. The zero-order chi connectivity index (χ0) is 15.6.